The van der Waals surface area contributed by atoms with Gasteiger partial charge in [0.25, 0.3) is 0 Å². The molecular formula is C7H5N2O2-. The van der Waals surface area contributed by atoms with Crippen LogP contribution < -0.4 is 4.81 Å². The third-order valence-electron chi connectivity index (χ3n) is 1.57. The first kappa shape index (κ1) is 6.48. The van der Waals surface area contributed by atoms with E-state index in [0.717, 1.165) is 6.34 Å². The minimum atomic E-state index is -1.74. The number of hydroxylamine groups is 2. The minimum absolute atomic E-state index is 0.160. The Hall–Kier alpha value is -1.23. The Balaban J connectivity index is 2.64. The van der Waals surface area contributed by atoms with Gasteiger partial charge in [-0.05, 0) is 6.07 Å². The van der Waals surface area contributed by atoms with Crippen LogP contribution in [0.5, 0.6) is 0 Å². The van der Waals surface area contributed by atoms with E-state index in [1.807, 2.05) is 0 Å². The van der Waals surface area contributed by atoms with Crippen molar-refractivity contribution in [3.8, 4) is 0 Å². The number of nitrogens with zero attached hydrogens (tertiary/aromatic N) is 2. The molecule has 4 nitrogen and oxygen atoms in total. The fraction of sp³-hybridized carbons (Fsp3) is 0. The van der Waals surface area contributed by atoms with E-state index >= 15 is 0 Å². The SMILES string of the molecule is [O-][N+]1([O-])C=Nc2ccccc21. The van der Waals surface area contributed by atoms with Gasteiger partial charge in [0, 0.05) is 6.07 Å². The molecule has 11 heavy (non-hydrogen) atoms. The van der Waals surface area contributed by atoms with Crippen molar-refractivity contribution in [1.29, 1.82) is 0 Å². The topological polar surface area (TPSA) is 58.5 Å². The van der Waals surface area contributed by atoms with Gasteiger partial charge in [0.05, 0.1) is 0 Å². The molecule has 0 saturated heterocycles. The predicted octanol–water partition coefficient (Wildman–Crippen LogP) is 1.66. The zero-order valence-corrected chi connectivity index (χ0v) is 5.60. The van der Waals surface area contributed by atoms with E-state index in [1.165, 1.54) is 6.07 Å². The number of aliphatic imine (C=N–C) groups is 1. The molecule has 4 heteroatoms. The molecule has 0 fully saturated rings. The Morgan fingerprint density at radius 2 is 1.91 bits per heavy atom. The molecule has 1 aromatic carbocycles. The summed E-state index contributed by atoms with van der Waals surface area (Å²) in [5.41, 5.74) is 0.630. The number of hydrogen-bond acceptors (Lipinski definition) is 3. The van der Waals surface area contributed by atoms with Crippen LogP contribution >= 0.6 is 0 Å². The molecule has 0 aromatic heterocycles. The number of rotatable bonds is 0. The van der Waals surface area contributed by atoms with Crippen LogP contribution in [0.2, 0.25) is 0 Å². The summed E-state index contributed by atoms with van der Waals surface area (Å²) in [6.07, 6.45) is 0.838. The second-order valence-electron chi connectivity index (χ2n) is 2.33. The van der Waals surface area contributed by atoms with Gasteiger partial charge in [0.15, 0.2) is 12.0 Å². The van der Waals surface area contributed by atoms with Crippen molar-refractivity contribution in [2.24, 2.45) is 4.99 Å². The summed E-state index contributed by atoms with van der Waals surface area (Å²) >= 11 is 0. The highest BCUT2D eigenvalue weighted by molar-refractivity contribution is 5.89. The lowest BCUT2D eigenvalue weighted by molar-refractivity contribution is 0.767. The summed E-state index contributed by atoms with van der Waals surface area (Å²) in [7, 11) is 0. The van der Waals surface area contributed by atoms with Crippen LogP contribution in [0.3, 0.4) is 0 Å². The lowest BCUT2D eigenvalue weighted by atomic mass is 10.3. The van der Waals surface area contributed by atoms with Gasteiger partial charge in [-0.15, -0.1) is 0 Å². The molecule has 2 rings (SSSR count). The summed E-state index contributed by atoms with van der Waals surface area (Å²) in [4.78, 5) is 1.93. The fourth-order valence-electron chi connectivity index (χ4n) is 1.04. The third kappa shape index (κ3) is 0.848. The van der Waals surface area contributed by atoms with Crippen LogP contribution in [0.25, 0.3) is 0 Å². The molecule has 0 radical (unpaired) electrons. The average Bonchev–Trinajstić information content (AvgIpc) is 2.29. The largest absolute Gasteiger partial charge is 0.620 e. The first-order chi connectivity index (χ1) is 5.20. The summed E-state index contributed by atoms with van der Waals surface area (Å²) in [5.74, 6) is 0. The van der Waals surface area contributed by atoms with Gasteiger partial charge in [0.1, 0.15) is 5.69 Å². The van der Waals surface area contributed by atoms with E-state index in [0.29, 0.717) is 5.69 Å². The van der Waals surface area contributed by atoms with Crippen LogP contribution in [0.15, 0.2) is 29.3 Å². The van der Waals surface area contributed by atoms with Crippen molar-refractivity contribution in [2.45, 2.75) is 0 Å². The standard InChI is InChI=1S/C7H5N2O2/c10-9(11)5-8-6-3-1-2-4-7(6)9/h1-5H/q-1. The molecule has 1 heterocycles. The van der Waals surface area contributed by atoms with Gasteiger partial charge < -0.3 is 15.2 Å². The maximum Gasteiger partial charge on any atom is 0.195 e. The van der Waals surface area contributed by atoms with Crippen molar-refractivity contribution in [1.82, 2.24) is 4.81 Å². The molecule has 56 valence electrons. The number of fused-ring (bicyclic) bond motifs is 1. The molecule has 1 aliphatic rings. The molecule has 0 atom stereocenters. The van der Waals surface area contributed by atoms with Crippen molar-refractivity contribution in [2.75, 3.05) is 0 Å². The number of para-hydroxylation sites is 2. The molecule has 0 N–H and O–H groups in total. The lowest BCUT2D eigenvalue weighted by Gasteiger charge is -2.38. The zero-order chi connectivity index (χ0) is 7.90. The minimum Gasteiger partial charge on any atom is -0.620 e. The lowest BCUT2D eigenvalue weighted by Crippen LogP contribution is -2.31. The van der Waals surface area contributed by atoms with Crippen LogP contribution in [-0.2, 0) is 0 Å². The monoisotopic (exact) mass is 149 g/mol. The Morgan fingerprint density at radius 3 is 2.64 bits per heavy atom. The van der Waals surface area contributed by atoms with E-state index in [-0.39, 0.29) is 5.69 Å². The Morgan fingerprint density at radius 1 is 1.18 bits per heavy atom. The first-order valence-corrected chi connectivity index (χ1v) is 3.16. The summed E-state index contributed by atoms with van der Waals surface area (Å²) in [6.45, 7) is 0. The summed E-state index contributed by atoms with van der Waals surface area (Å²) in [5, 5.41) is 21.9. The van der Waals surface area contributed by atoms with E-state index in [1.54, 1.807) is 18.2 Å². The van der Waals surface area contributed by atoms with Crippen molar-refractivity contribution in [3.63, 3.8) is 0 Å². The number of benzene rings is 1. The highest BCUT2D eigenvalue weighted by Gasteiger charge is 2.18. The smallest absolute Gasteiger partial charge is 0.195 e. The second kappa shape index (κ2) is 1.88. The molecule has 1 aromatic rings. The van der Waals surface area contributed by atoms with E-state index in [2.05, 4.69) is 4.99 Å². The van der Waals surface area contributed by atoms with E-state index in [9.17, 15) is 10.4 Å². The Labute approximate surface area is 63.2 Å². The maximum atomic E-state index is 11.0. The van der Waals surface area contributed by atoms with Gasteiger partial charge in [-0.25, -0.2) is 0 Å². The fourth-order valence-corrected chi connectivity index (χ4v) is 1.04. The van der Waals surface area contributed by atoms with Gasteiger partial charge >= 0.3 is 0 Å². The molecule has 0 unspecified atom stereocenters. The third-order valence-corrected chi connectivity index (χ3v) is 1.57. The number of quaternary nitrogens is 1. The van der Waals surface area contributed by atoms with Crippen molar-refractivity contribution < 1.29 is 0 Å². The Bertz CT molecular complexity index is 320. The molecular weight excluding hydrogens is 144 g/mol. The average molecular weight is 149 g/mol. The van der Waals surface area contributed by atoms with E-state index in [4.69, 9.17) is 0 Å². The highest BCUT2D eigenvalue weighted by atomic mass is 16.8. The Kier molecular flexibility index (Phi) is 1.11. The molecule has 0 saturated carbocycles. The van der Waals surface area contributed by atoms with Crippen LogP contribution in [0, 0.1) is 10.4 Å². The van der Waals surface area contributed by atoms with Gasteiger partial charge in [-0.1, -0.05) is 12.1 Å². The molecule has 0 spiro atoms. The van der Waals surface area contributed by atoms with Gasteiger partial charge in [-0.2, -0.15) is 4.99 Å². The predicted molar refractivity (Wildman–Crippen MR) is 43.1 cm³/mol. The quantitative estimate of drug-likeness (QED) is 0.416. The van der Waals surface area contributed by atoms with Crippen LogP contribution in [-0.4, -0.2) is 6.34 Å². The van der Waals surface area contributed by atoms with Crippen molar-refractivity contribution >= 4 is 17.7 Å². The number of hydrogen-bond donors (Lipinski definition) is 0. The molecule has 0 aliphatic carbocycles. The zero-order valence-electron chi connectivity index (χ0n) is 5.60. The second-order valence-corrected chi connectivity index (χ2v) is 2.33. The normalized spacial score (nSPS) is 18.4. The highest BCUT2D eigenvalue weighted by Crippen LogP contribution is 2.35. The van der Waals surface area contributed by atoms with E-state index < -0.39 is 4.81 Å². The van der Waals surface area contributed by atoms with Crippen LogP contribution in [0.1, 0.15) is 0 Å². The van der Waals surface area contributed by atoms with Gasteiger partial charge in [-0.3, -0.25) is 0 Å². The first-order valence-electron chi connectivity index (χ1n) is 3.16. The maximum absolute atomic E-state index is 11.0. The molecule has 0 bridgehead atoms. The van der Waals surface area contributed by atoms with Crippen molar-refractivity contribution in [3.05, 3.63) is 34.7 Å². The van der Waals surface area contributed by atoms with Crippen LogP contribution in [0.4, 0.5) is 11.4 Å². The molecule has 1 aliphatic heterocycles. The summed E-state index contributed by atoms with van der Waals surface area (Å²) in [6, 6.07) is 6.52. The van der Waals surface area contributed by atoms with Gasteiger partial charge in [0.2, 0.25) is 0 Å². The summed E-state index contributed by atoms with van der Waals surface area (Å²) < 4.78 is 0. The molecule has 0 amide bonds.